The molecular weight excluding hydrogens is 196 g/mol. The molecule has 0 bridgehead atoms. The van der Waals surface area contributed by atoms with Gasteiger partial charge in [0.1, 0.15) is 5.60 Å². The van der Waals surface area contributed by atoms with Gasteiger partial charge in [-0.2, -0.15) is 9.59 Å². The number of hydrogen-bond acceptors (Lipinski definition) is 4. The first-order valence-corrected chi connectivity index (χ1v) is 5.07. The molecule has 86 valence electrons. The highest BCUT2D eigenvalue weighted by molar-refractivity contribution is 5.76. The van der Waals surface area contributed by atoms with Crippen LogP contribution in [0.15, 0.2) is 0 Å². The van der Waals surface area contributed by atoms with Gasteiger partial charge in [-0.1, -0.05) is 13.3 Å². The van der Waals surface area contributed by atoms with Crippen molar-refractivity contribution in [3.05, 3.63) is 0 Å². The van der Waals surface area contributed by atoms with E-state index in [-0.39, 0.29) is 23.6 Å². The molecule has 0 aromatic carbocycles. The Morgan fingerprint density at radius 2 is 1.87 bits per heavy atom. The molecule has 1 rings (SSSR count). The van der Waals surface area contributed by atoms with Crippen molar-refractivity contribution in [3.8, 4) is 0 Å². The highest BCUT2D eigenvalue weighted by Crippen LogP contribution is 2.42. The van der Waals surface area contributed by atoms with Crippen LogP contribution in [0.4, 0.5) is 0 Å². The first-order valence-electron chi connectivity index (χ1n) is 5.07. The van der Waals surface area contributed by atoms with Crippen LogP contribution < -0.4 is 0 Å². The Bertz CT molecular complexity index is 246. The maximum absolute atomic E-state index is 11.4. The van der Waals surface area contributed by atoms with Crippen molar-refractivity contribution in [1.82, 2.24) is 0 Å². The van der Waals surface area contributed by atoms with Gasteiger partial charge in [0, 0.05) is 0 Å². The van der Waals surface area contributed by atoms with Crippen LogP contribution in [0.2, 0.25) is 0 Å². The molecule has 1 aliphatic rings. The third-order valence-corrected chi connectivity index (χ3v) is 2.16. The summed E-state index contributed by atoms with van der Waals surface area (Å²) in [6, 6.07) is 0. The normalized spacial score (nSPS) is 23.2. The predicted octanol–water partition coefficient (Wildman–Crippen LogP) is 1.79. The third-order valence-electron chi connectivity index (χ3n) is 2.16. The lowest BCUT2D eigenvalue weighted by molar-refractivity contribution is -0.191. The molecular formula is C11H18O4. The second kappa shape index (κ2) is 5.66. The Kier molecular flexibility index (Phi) is 5.23. The van der Waals surface area contributed by atoms with Crippen LogP contribution in [0.1, 0.15) is 40.5 Å². The summed E-state index contributed by atoms with van der Waals surface area (Å²) in [6.07, 6.45) is 2.38. The van der Waals surface area contributed by atoms with Crippen molar-refractivity contribution < 1.29 is 19.1 Å². The maximum Gasteiger partial charge on any atom is 0.373 e. The van der Waals surface area contributed by atoms with E-state index in [0.29, 0.717) is 5.92 Å². The second-order valence-corrected chi connectivity index (χ2v) is 4.63. The Morgan fingerprint density at radius 3 is 2.13 bits per heavy atom. The molecule has 1 aliphatic carbocycles. The zero-order valence-electron chi connectivity index (χ0n) is 9.70. The van der Waals surface area contributed by atoms with Crippen LogP contribution in [-0.2, 0) is 19.1 Å². The fourth-order valence-electron chi connectivity index (χ4n) is 1.36. The van der Waals surface area contributed by atoms with Crippen LogP contribution >= 0.6 is 0 Å². The number of ether oxygens (including phenoxy) is 1. The van der Waals surface area contributed by atoms with E-state index in [2.05, 4.69) is 6.92 Å². The van der Waals surface area contributed by atoms with Gasteiger partial charge in [0.2, 0.25) is 0 Å². The fourth-order valence-corrected chi connectivity index (χ4v) is 1.36. The Hall–Kier alpha value is -1.15. The zero-order valence-corrected chi connectivity index (χ0v) is 9.70. The number of rotatable bonds is 2. The molecule has 0 amide bonds. The molecule has 0 radical (unpaired) electrons. The van der Waals surface area contributed by atoms with Crippen LogP contribution in [0, 0.1) is 11.8 Å². The number of carbonyl (C=O) groups is 1. The monoisotopic (exact) mass is 214 g/mol. The van der Waals surface area contributed by atoms with Crippen LogP contribution in [-0.4, -0.2) is 17.7 Å². The fraction of sp³-hybridized carbons (Fsp3) is 0.818. The van der Waals surface area contributed by atoms with Crippen molar-refractivity contribution in [2.45, 2.75) is 46.1 Å². The standard InChI is InChI=1S/C10H18O2.CO2/c1-5-7-6-8(7)9(11)12-10(2,3)4;2-1-3/h7-8H,5-6H2,1-4H3;. The summed E-state index contributed by atoms with van der Waals surface area (Å²) in [4.78, 5) is 27.6. The molecule has 2 unspecified atom stereocenters. The molecule has 0 heterocycles. The Labute approximate surface area is 90.0 Å². The summed E-state index contributed by atoms with van der Waals surface area (Å²) in [5.41, 5.74) is -0.321. The summed E-state index contributed by atoms with van der Waals surface area (Å²) in [7, 11) is 0. The largest absolute Gasteiger partial charge is 0.460 e. The summed E-state index contributed by atoms with van der Waals surface area (Å²) in [5, 5.41) is 0. The van der Waals surface area contributed by atoms with E-state index in [0.717, 1.165) is 12.8 Å². The van der Waals surface area contributed by atoms with Crippen LogP contribution in [0.25, 0.3) is 0 Å². The average Bonchev–Trinajstić information content (AvgIpc) is 2.80. The van der Waals surface area contributed by atoms with Gasteiger partial charge >= 0.3 is 12.1 Å². The molecule has 15 heavy (non-hydrogen) atoms. The van der Waals surface area contributed by atoms with Crippen molar-refractivity contribution in [2.24, 2.45) is 11.8 Å². The Balaban J connectivity index is 0.000000583. The van der Waals surface area contributed by atoms with Gasteiger partial charge in [-0.3, -0.25) is 4.79 Å². The SMILES string of the molecule is CCC1CC1C(=O)OC(C)(C)C.O=C=O. The summed E-state index contributed by atoms with van der Waals surface area (Å²) < 4.78 is 5.25. The minimum atomic E-state index is -0.321. The number of hydrogen-bond donors (Lipinski definition) is 0. The van der Waals surface area contributed by atoms with Gasteiger partial charge in [0.25, 0.3) is 0 Å². The molecule has 4 nitrogen and oxygen atoms in total. The van der Waals surface area contributed by atoms with Crippen molar-refractivity contribution in [2.75, 3.05) is 0 Å². The van der Waals surface area contributed by atoms with Crippen molar-refractivity contribution in [1.29, 1.82) is 0 Å². The van der Waals surface area contributed by atoms with Crippen LogP contribution in [0.5, 0.6) is 0 Å². The molecule has 0 spiro atoms. The van der Waals surface area contributed by atoms with E-state index in [4.69, 9.17) is 14.3 Å². The number of esters is 1. The van der Waals surface area contributed by atoms with Crippen LogP contribution in [0.3, 0.4) is 0 Å². The van der Waals surface area contributed by atoms with E-state index < -0.39 is 0 Å². The minimum absolute atomic E-state index is 0.00523. The van der Waals surface area contributed by atoms with Crippen molar-refractivity contribution in [3.63, 3.8) is 0 Å². The third kappa shape index (κ3) is 6.02. The highest BCUT2D eigenvalue weighted by Gasteiger charge is 2.43. The summed E-state index contributed by atoms with van der Waals surface area (Å²) in [6.45, 7) is 7.85. The zero-order chi connectivity index (χ0) is 12.1. The van der Waals surface area contributed by atoms with Gasteiger partial charge in [-0.05, 0) is 33.1 Å². The molecule has 0 N–H and O–H groups in total. The summed E-state index contributed by atoms with van der Waals surface area (Å²) in [5.74, 6) is 0.795. The Morgan fingerprint density at radius 1 is 1.40 bits per heavy atom. The molecule has 2 atom stereocenters. The van der Waals surface area contributed by atoms with E-state index in [1.54, 1.807) is 0 Å². The lowest BCUT2D eigenvalue weighted by Gasteiger charge is -2.19. The molecule has 0 saturated heterocycles. The van der Waals surface area contributed by atoms with E-state index in [1.807, 2.05) is 20.8 Å². The average molecular weight is 214 g/mol. The van der Waals surface area contributed by atoms with Gasteiger partial charge in [-0.15, -0.1) is 0 Å². The lowest BCUT2D eigenvalue weighted by Crippen LogP contribution is -2.25. The van der Waals surface area contributed by atoms with E-state index >= 15 is 0 Å². The molecule has 0 aromatic rings. The lowest BCUT2D eigenvalue weighted by atomic mass is 10.2. The molecule has 0 aromatic heterocycles. The molecule has 0 aliphatic heterocycles. The highest BCUT2D eigenvalue weighted by atomic mass is 16.6. The first-order chi connectivity index (χ1) is 6.85. The first kappa shape index (κ1) is 13.8. The van der Waals surface area contributed by atoms with Gasteiger partial charge < -0.3 is 4.74 Å². The second-order valence-electron chi connectivity index (χ2n) is 4.63. The van der Waals surface area contributed by atoms with Gasteiger partial charge in [-0.25, -0.2) is 0 Å². The topological polar surface area (TPSA) is 60.4 Å². The smallest absolute Gasteiger partial charge is 0.373 e. The van der Waals surface area contributed by atoms with Gasteiger partial charge in [0.15, 0.2) is 0 Å². The van der Waals surface area contributed by atoms with E-state index in [1.165, 1.54) is 0 Å². The number of carbonyl (C=O) groups excluding carboxylic acids is 3. The van der Waals surface area contributed by atoms with Crippen molar-refractivity contribution >= 4 is 12.1 Å². The van der Waals surface area contributed by atoms with E-state index in [9.17, 15) is 4.79 Å². The summed E-state index contributed by atoms with van der Waals surface area (Å²) >= 11 is 0. The molecule has 1 fully saturated rings. The minimum Gasteiger partial charge on any atom is -0.460 e. The molecule has 4 heteroatoms. The predicted molar refractivity (Wildman–Crippen MR) is 52.7 cm³/mol. The maximum atomic E-state index is 11.4. The molecule has 1 saturated carbocycles. The van der Waals surface area contributed by atoms with Gasteiger partial charge in [0.05, 0.1) is 5.92 Å². The quantitative estimate of drug-likeness (QED) is 0.657.